The van der Waals surface area contributed by atoms with Crippen LogP contribution < -0.4 is 11.1 Å². The fourth-order valence-electron chi connectivity index (χ4n) is 3.64. The molecule has 5 nitrogen and oxygen atoms in total. The first-order valence-corrected chi connectivity index (χ1v) is 8.48. The summed E-state index contributed by atoms with van der Waals surface area (Å²) in [7, 11) is 2.19. The molecule has 1 unspecified atom stereocenters. The van der Waals surface area contributed by atoms with Gasteiger partial charge in [-0.1, -0.05) is 6.42 Å². The molecule has 0 radical (unpaired) electrons. The van der Waals surface area contributed by atoms with Crippen LogP contribution in [0.5, 0.6) is 0 Å². The standard InChI is InChI=1S/C16H32N4O.3ClH/c1-14(17)12-15(21)18-13-16(6-10-19(2)11-7-16)20-8-4-3-5-9-20;;;/h14H,3-13,17H2,1-2H3,(H,18,21);3*1H. The summed E-state index contributed by atoms with van der Waals surface area (Å²) in [5.74, 6) is 0.0975. The number of nitrogens with one attached hydrogen (secondary N) is 1. The molecule has 0 aromatic carbocycles. The first-order chi connectivity index (χ1) is 10.0. The molecular formula is C16H35Cl3N4O. The zero-order valence-electron chi connectivity index (χ0n) is 15.0. The highest BCUT2D eigenvalue weighted by atomic mass is 35.5. The fraction of sp³-hybridized carbons (Fsp3) is 0.938. The van der Waals surface area contributed by atoms with E-state index in [-0.39, 0.29) is 54.7 Å². The number of likely N-dealkylation sites (tertiary alicyclic amines) is 2. The van der Waals surface area contributed by atoms with Gasteiger partial charge in [-0.3, -0.25) is 9.69 Å². The zero-order valence-corrected chi connectivity index (χ0v) is 17.4. The molecular weight excluding hydrogens is 371 g/mol. The number of carbonyl (C=O) groups excluding carboxylic acids is 1. The van der Waals surface area contributed by atoms with E-state index in [1.807, 2.05) is 6.92 Å². The van der Waals surface area contributed by atoms with Crippen LogP contribution in [0.2, 0.25) is 0 Å². The first-order valence-electron chi connectivity index (χ1n) is 8.48. The quantitative estimate of drug-likeness (QED) is 0.735. The van der Waals surface area contributed by atoms with Crippen LogP contribution in [0.15, 0.2) is 0 Å². The Labute approximate surface area is 165 Å². The van der Waals surface area contributed by atoms with Crippen molar-refractivity contribution in [2.75, 3.05) is 39.8 Å². The van der Waals surface area contributed by atoms with Crippen molar-refractivity contribution < 1.29 is 4.79 Å². The van der Waals surface area contributed by atoms with E-state index in [1.165, 1.54) is 32.4 Å². The van der Waals surface area contributed by atoms with Crippen LogP contribution in [-0.4, -0.2) is 67.1 Å². The molecule has 2 fully saturated rings. The molecule has 2 rings (SSSR count). The number of piperidine rings is 2. The van der Waals surface area contributed by atoms with E-state index in [2.05, 4.69) is 22.2 Å². The van der Waals surface area contributed by atoms with Gasteiger partial charge in [0.15, 0.2) is 0 Å². The highest BCUT2D eigenvalue weighted by Crippen LogP contribution is 2.30. The minimum Gasteiger partial charge on any atom is -0.354 e. The van der Waals surface area contributed by atoms with Crippen LogP contribution >= 0.6 is 37.2 Å². The average Bonchev–Trinajstić information content (AvgIpc) is 2.47. The molecule has 146 valence electrons. The van der Waals surface area contributed by atoms with Crippen molar-refractivity contribution in [3.63, 3.8) is 0 Å². The minimum absolute atomic E-state index is 0. The predicted octanol–water partition coefficient (Wildman–Crippen LogP) is 2.06. The molecule has 8 heteroatoms. The highest BCUT2D eigenvalue weighted by molar-refractivity contribution is 5.86. The van der Waals surface area contributed by atoms with Gasteiger partial charge >= 0.3 is 0 Å². The lowest BCUT2D eigenvalue weighted by Gasteiger charge is -2.50. The van der Waals surface area contributed by atoms with Crippen molar-refractivity contribution >= 4 is 43.1 Å². The van der Waals surface area contributed by atoms with Crippen molar-refractivity contribution in [1.29, 1.82) is 0 Å². The lowest BCUT2D eigenvalue weighted by molar-refractivity contribution is -0.122. The molecule has 3 N–H and O–H groups in total. The summed E-state index contributed by atoms with van der Waals surface area (Å²) in [5, 5.41) is 3.16. The Morgan fingerprint density at radius 2 is 1.62 bits per heavy atom. The number of nitrogens with two attached hydrogens (primary N) is 1. The Bertz CT molecular complexity index is 344. The van der Waals surface area contributed by atoms with Gasteiger partial charge in [0.25, 0.3) is 0 Å². The lowest BCUT2D eigenvalue weighted by atomic mass is 9.84. The van der Waals surface area contributed by atoms with Gasteiger partial charge in [0.1, 0.15) is 0 Å². The van der Waals surface area contributed by atoms with E-state index in [4.69, 9.17) is 5.73 Å². The van der Waals surface area contributed by atoms with Crippen LogP contribution in [-0.2, 0) is 4.79 Å². The molecule has 0 aromatic rings. The Morgan fingerprint density at radius 1 is 1.08 bits per heavy atom. The predicted molar refractivity (Wildman–Crippen MR) is 108 cm³/mol. The number of amides is 1. The topological polar surface area (TPSA) is 61.6 Å². The molecule has 0 saturated carbocycles. The first kappa shape index (κ1) is 26.4. The SMILES string of the molecule is CC(N)CC(=O)NCC1(N2CCCCC2)CCN(C)CC1.Cl.Cl.Cl. The smallest absolute Gasteiger partial charge is 0.221 e. The van der Waals surface area contributed by atoms with Gasteiger partial charge in [-0.05, 0) is 65.8 Å². The molecule has 0 aromatic heterocycles. The molecule has 0 bridgehead atoms. The average molecular weight is 406 g/mol. The number of nitrogens with zero attached hydrogens (tertiary/aromatic N) is 2. The number of hydrogen-bond donors (Lipinski definition) is 2. The maximum absolute atomic E-state index is 12.0. The molecule has 0 aliphatic carbocycles. The van der Waals surface area contributed by atoms with Crippen LogP contribution in [0.4, 0.5) is 0 Å². The number of hydrogen-bond acceptors (Lipinski definition) is 4. The van der Waals surface area contributed by atoms with E-state index >= 15 is 0 Å². The van der Waals surface area contributed by atoms with Gasteiger partial charge in [0.2, 0.25) is 5.91 Å². The summed E-state index contributed by atoms with van der Waals surface area (Å²) in [6.07, 6.45) is 6.68. The van der Waals surface area contributed by atoms with Gasteiger partial charge in [0.05, 0.1) is 0 Å². The molecule has 2 aliphatic heterocycles. The third-order valence-corrected chi connectivity index (χ3v) is 5.07. The van der Waals surface area contributed by atoms with Crippen LogP contribution in [0.1, 0.15) is 45.4 Å². The Balaban J connectivity index is 0. The van der Waals surface area contributed by atoms with Gasteiger partial charge < -0.3 is 16.0 Å². The molecule has 1 atom stereocenters. The Kier molecular flexibility index (Phi) is 13.8. The summed E-state index contributed by atoms with van der Waals surface area (Å²) >= 11 is 0. The van der Waals surface area contributed by atoms with Crippen molar-refractivity contribution in [2.45, 2.75) is 57.0 Å². The minimum atomic E-state index is -0.0616. The summed E-state index contributed by atoms with van der Waals surface area (Å²) in [6, 6.07) is -0.0616. The normalized spacial score (nSPS) is 22.3. The highest BCUT2D eigenvalue weighted by Gasteiger charge is 2.39. The fourth-order valence-corrected chi connectivity index (χ4v) is 3.64. The van der Waals surface area contributed by atoms with E-state index in [0.717, 1.165) is 32.5 Å². The van der Waals surface area contributed by atoms with Crippen LogP contribution in [0.3, 0.4) is 0 Å². The second-order valence-corrected chi connectivity index (χ2v) is 7.03. The van der Waals surface area contributed by atoms with E-state index in [9.17, 15) is 4.79 Å². The summed E-state index contributed by atoms with van der Waals surface area (Å²) in [4.78, 5) is 17.0. The monoisotopic (exact) mass is 404 g/mol. The molecule has 2 saturated heterocycles. The number of carbonyl (C=O) groups is 1. The molecule has 2 aliphatic rings. The zero-order chi connectivity index (χ0) is 15.3. The van der Waals surface area contributed by atoms with Gasteiger partial charge in [-0.2, -0.15) is 0 Å². The number of rotatable bonds is 5. The second-order valence-electron chi connectivity index (χ2n) is 7.03. The van der Waals surface area contributed by atoms with Crippen LogP contribution in [0.25, 0.3) is 0 Å². The van der Waals surface area contributed by atoms with E-state index in [1.54, 1.807) is 0 Å². The van der Waals surface area contributed by atoms with E-state index < -0.39 is 0 Å². The molecule has 1 amide bonds. The summed E-state index contributed by atoms with van der Waals surface area (Å²) in [5.41, 5.74) is 5.89. The van der Waals surface area contributed by atoms with E-state index in [0.29, 0.717) is 6.42 Å². The van der Waals surface area contributed by atoms with Crippen LogP contribution in [0, 0.1) is 0 Å². The lowest BCUT2D eigenvalue weighted by Crippen LogP contribution is -2.61. The van der Waals surface area contributed by atoms with Crippen molar-refractivity contribution in [1.82, 2.24) is 15.1 Å². The Hall–Kier alpha value is 0.220. The largest absolute Gasteiger partial charge is 0.354 e. The van der Waals surface area contributed by atoms with Gasteiger partial charge in [0, 0.05) is 24.5 Å². The summed E-state index contributed by atoms with van der Waals surface area (Å²) < 4.78 is 0. The molecule has 2 heterocycles. The second kappa shape index (κ2) is 12.6. The molecule has 0 spiro atoms. The maximum atomic E-state index is 12.0. The van der Waals surface area contributed by atoms with Gasteiger partial charge in [-0.25, -0.2) is 0 Å². The summed E-state index contributed by atoms with van der Waals surface area (Å²) in [6.45, 7) is 7.29. The van der Waals surface area contributed by atoms with Gasteiger partial charge in [-0.15, -0.1) is 37.2 Å². The van der Waals surface area contributed by atoms with Crippen molar-refractivity contribution in [3.05, 3.63) is 0 Å². The number of halogens is 3. The van der Waals surface area contributed by atoms with Crippen molar-refractivity contribution in [3.8, 4) is 0 Å². The Morgan fingerprint density at radius 3 is 2.12 bits per heavy atom. The third-order valence-electron chi connectivity index (χ3n) is 5.07. The third kappa shape index (κ3) is 7.63. The van der Waals surface area contributed by atoms with Crippen molar-refractivity contribution in [2.24, 2.45) is 5.73 Å². The maximum Gasteiger partial charge on any atom is 0.221 e. The molecule has 24 heavy (non-hydrogen) atoms.